The highest BCUT2D eigenvalue weighted by Crippen LogP contribution is 2.33. The van der Waals surface area contributed by atoms with Gasteiger partial charge in [-0.2, -0.15) is 0 Å². The molecular weight excluding hydrogens is 256 g/mol. The second kappa shape index (κ2) is 4.66. The standard InChI is InChI=1S/C15H18N2O3/c18-15(10-1-2-13-14(5-10)20-9-19-13)17-4-3-11-6-16-7-12(11)8-17/h1-2,5,11-12,16H,3-4,6-9H2. The number of hydrogen-bond donors (Lipinski definition) is 1. The number of ether oxygens (including phenoxy) is 2. The first-order valence-electron chi connectivity index (χ1n) is 7.21. The number of piperidine rings is 1. The van der Waals surface area contributed by atoms with E-state index in [1.54, 1.807) is 6.07 Å². The first kappa shape index (κ1) is 12.0. The molecule has 3 aliphatic rings. The van der Waals surface area contributed by atoms with Gasteiger partial charge in [-0.15, -0.1) is 0 Å². The molecule has 1 N–H and O–H groups in total. The number of likely N-dealkylation sites (tertiary alicyclic amines) is 1. The van der Waals surface area contributed by atoms with Gasteiger partial charge in [0.1, 0.15) is 0 Å². The summed E-state index contributed by atoms with van der Waals surface area (Å²) < 4.78 is 10.6. The van der Waals surface area contributed by atoms with Crippen LogP contribution in [0.25, 0.3) is 0 Å². The highest BCUT2D eigenvalue weighted by molar-refractivity contribution is 5.95. The van der Waals surface area contributed by atoms with Gasteiger partial charge in [0.15, 0.2) is 11.5 Å². The van der Waals surface area contributed by atoms with E-state index in [2.05, 4.69) is 5.32 Å². The molecule has 1 aromatic carbocycles. The molecule has 2 fully saturated rings. The lowest BCUT2D eigenvalue weighted by Crippen LogP contribution is -2.43. The summed E-state index contributed by atoms with van der Waals surface area (Å²) in [6.45, 7) is 4.11. The second-order valence-corrected chi connectivity index (χ2v) is 5.79. The fourth-order valence-electron chi connectivity index (χ4n) is 3.43. The Kier molecular flexibility index (Phi) is 2.80. The highest BCUT2D eigenvalue weighted by atomic mass is 16.7. The molecule has 0 bridgehead atoms. The Morgan fingerprint density at radius 1 is 1.20 bits per heavy atom. The minimum Gasteiger partial charge on any atom is -0.454 e. The molecule has 3 aliphatic heterocycles. The fourth-order valence-corrected chi connectivity index (χ4v) is 3.43. The van der Waals surface area contributed by atoms with Gasteiger partial charge in [-0.1, -0.05) is 0 Å². The zero-order chi connectivity index (χ0) is 13.5. The Bertz CT molecular complexity index is 546. The van der Waals surface area contributed by atoms with Crippen molar-refractivity contribution in [3.05, 3.63) is 23.8 Å². The van der Waals surface area contributed by atoms with Crippen molar-refractivity contribution in [2.45, 2.75) is 6.42 Å². The van der Waals surface area contributed by atoms with E-state index in [9.17, 15) is 4.79 Å². The van der Waals surface area contributed by atoms with Gasteiger partial charge in [0, 0.05) is 18.7 Å². The average Bonchev–Trinajstić information content (AvgIpc) is 3.13. The Morgan fingerprint density at radius 2 is 2.05 bits per heavy atom. The number of nitrogens with one attached hydrogen (secondary N) is 1. The van der Waals surface area contributed by atoms with Crippen molar-refractivity contribution in [2.75, 3.05) is 33.0 Å². The van der Waals surface area contributed by atoms with Gasteiger partial charge < -0.3 is 19.7 Å². The van der Waals surface area contributed by atoms with Crippen LogP contribution in [-0.4, -0.2) is 43.8 Å². The van der Waals surface area contributed by atoms with Gasteiger partial charge >= 0.3 is 0 Å². The lowest BCUT2D eigenvalue weighted by Gasteiger charge is -2.34. The molecule has 2 unspecified atom stereocenters. The number of benzene rings is 1. The van der Waals surface area contributed by atoms with Crippen molar-refractivity contribution in [2.24, 2.45) is 11.8 Å². The van der Waals surface area contributed by atoms with Crippen LogP contribution < -0.4 is 14.8 Å². The number of nitrogens with zero attached hydrogens (tertiary/aromatic N) is 1. The van der Waals surface area contributed by atoms with Crippen molar-refractivity contribution in [1.29, 1.82) is 0 Å². The van der Waals surface area contributed by atoms with E-state index in [4.69, 9.17) is 9.47 Å². The fraction of sp³-hybridized carbons (Fsp3) is 0.533. The third-order valence-electron chi connectivity index (χ3n) is 4.61. The summed E-state index contributed by atoms with van der Waals surface area (Å²) >= 11 is 0. The molecule has 0 radical (unpaired) electrons. The largest absolute Gasteiger partial charge is 0.454 e. The van der Waals surface area contributed by atoms with Crippen molar-refractivity contribution in [3.63, 3.8) is 0 Å². The monoisotopic (exact) mass is 274 g/mol. The van der Waals surface area contributed by atoms with Gasteiger partial charge in [-0.25, -0.2) is 0 Å². The number of carbonyl (C=O) groups excluding carboxylic acids is 1. The Morgan fingerprint density at radius 3 is 3.00 bits per heavy atom. The number of amides is 1. The van der Waals surface area contributed by atoms with Crippen molar-refractivity contribution < 1.29 is 14.3 Å². The third-order valence-corrected chi connectivity index (χ3v) is 4.61. The van der Waals surface area contributed by atoms with Crippen LogP contribution in [0, 0.1) is 11.8 Å². The second-order valence-electron chi connectivity index (χ2n) is 5.79. The maximum absolute atomic E-state index is 12.6. The summed E-state index contributed by atoms with van der Waals surface area (Å²) in [5.41, 5.74) is 0.693. The molecule has 1 amide bonds. The van der Waals surface area contributed by atoms with E-state index >= 15 is 0 Å². The molecular formula is C15H18N2O3. The molecule has 1 aromatic rings. The lowest BCUT2D eigenvalue weighted by atomic mass is 9.88. The molecule has 0 aliphatic carbocycles. The predicted octanol–water partition coefficient (Wildman–Crippen LogP) is 1.10. The number of fused-ring (bicyclic) bond motifs is 2. The zero-order valence-electron chi connectivity index (χ0n) is 11.3. The molecule has 4 rings (SSSR count). The number of hydrogen-bond acceptors (Lipinski definition) is 4. The molecule has 5 heteroatoms. The van der Waals surface area contributed by atoms with E-state index < -0.39 is 0 Å². The van der Waals surface area contributed by atoms with E-state index in [1.807, 2.05) is 17.0 Å². The molecule has 2 atom stereocenters. The number of rotatable bonds is 1. The minimum absolute atomic E-state index is 0.105. The molecule has 0 spiro atoms. The summed E-state index contributed by atoms with van der Waals surface area (Å²) in [5.74, 6) is 2.86. The van der Waals surface area contributed by atoms with Crippen LogP contribution in [0.2, 0.25) is 0 Å². The molecule has 5 nitrogen and oxygen atoms in total. The quantitative estimate of drug-likeness (QED) is 0.833. The van der Waals surface area contributed by atoms with E-state index in [-0.39, 0.29) is 12.7 Å². The van der Waals surface area contributed by atoms with Crippen LogP contribution in [-0.2, 0) is 0 Å². The van der Waals surface area contributed by atoms with Crippen molar-refractivity contribution >= 4 is 5.91 Å². The topological polar surface area (TPSA) is 50.8 Å². The first-order chi connectivity index (χ1) is 9.81. The number of carbonyl (C=O) groups is 1. The van der Waals surface area contributed by atoms with E-state index in [1.165, 1.54) is 0 Å². The molecule has 0 saturated carbocycles. The van der Waals surface area contributed by atoms with Crippen LogP contribution in [0.3, 0.4) is 0 Å². The van der Waals surface area contributed by atoms with Crippen LogP contribution in [0.1, 0.15) is 16.8 Å². The van der Waals surface area contributed by atoms with Gasteiger partial charge in [0.2, 0.25) is 6.79 Å². The van der Waals surface area contributed by atoms with Crippen LogP contribution in [0.15, 0.2) is 18.2 Å². The van der Waals surface area contributed by atoms with Crippen molar-refractivity contribution in [3.8, 4) is 11.5 Å². The summed E-state index contributed by atoms with van der Waals surface area (Å²) in [5, 5.41) is 3.42. The lowest BCUT2D eigenvalue weighted by molar-refractivity contribution is 0.0642. The molecule has 106 valence electrons. The Hall–Kier alpha value is -1.75. The first-order valence-corrected chi connectivity index (χ1v) is 7.21. The van der Waals surface area contributed by atoms with Gasteiger partial charge in [-0.05, 0) is 49.5 Å². The average molecular weight is 274 g/mol. The zero-order valence-corrected chi connectivity index (χ0v) is 11.3. The van der Waals surface area contributed by atoms with Gasteiger partial charge in [0.05, 0.1) is 0 Å². The summed E-state index contributed by atoms with van der Waals surface area (Å²) in [6, 6.07) is 5.44. The Labute approximate surface area is 117 Å². The summed E-state index contributed by atoms with van der Waals surface area (Å²) in [7, 11) is 0. The SMILES string of the molecule is O=C(c1ccc2c(c1)OCO2)N1CCC2CNCC2C1. The minimum atomic E-state index is 0.105. The maximum atomic E-state index is 12.6. The van der Waals surface area contributed by atoms with Crippen LogP contribution >= 0.6 is 0 Å². The van der Waals surface area contributed by atoms with Crippen molar-refractivity contribution in [1.82, 2.24) is 10.2 Å². The smallest absolute Gasteiger partial charge is 0.254 e. The Balaban J connectivity index is 1.52. The summed E-state index contributed by atoms with van der Waals surface area (Å²) in [4.78, 5) is 14.6. The molecule has 3 heterocycles. The van der Waals surface area contributed by atoms with Gasteiger partial charge in [-0.3, -0.25) is 4.79 Å². The van der Waals surface area contributed by atoms with E-state index in [0.29, 0.717) is 17.2 Å². The molecule has 2 saturated heterocycles. The predicted molar refractivity (Wildman–Crippen MR) is 72.9 cm³/mol. The normalized spacial score (nSPS) is 27.5. The van der Waals surface area contributed by atoms with E-state index in [0.717, 1.165) is 44.3 Å². The summed E-state index contributed by atoms with van der Waals surface area (Å²) in [6.07, 6.45) is 1.11. The van der Waals surface area contributed by atoms with Crippen LogP contribution in [0.4, 0.5) is 0 Å². The third kappa shape index (κ3) is 1.93. The van der Waals surface area contributed by atoms with Gasteiger partial charge in [0.25, 0.3) is 5.91 Å². The van der Waals surface area contributed by atoms with Crippen LogP contribution in [0.5, 0.6) is 11.5 Å². The maximum Gasteiger partial charge on any atom is 0.254 e. The molecule has 20 heavy (non-hydrogen) atoms. The highest BCUT2D eigenvalue weighted by Gasteiger charge is 2.34. The molecule has 0 aromatic heterocycles.